The third-order valence-electron chi connectivity index (χ3n) is 0. The number of hydrogen-bond acceptors (Lipinski definition) is 0. The maximum atomic E-state index is 0. The molecule has 28 valence electrons. The van der Waals surface area contributed by atoms with E-state index in [1.807, 2.05) is 0 Å². The van der Waals surface area contributed by atoms with Gasteiger partial charge in [-0.15, -0.1) is 0 Å². The van der Waals surface area contributed by atoms with Crippen LogP contribution in [0.5, 0.6) is 0 Å². The molecule has 4 heteroatoms. The van der Waals surface area contributed by atoms with Gasteiger partial charge in [-0.3, -0.25) is 0 Å². The normalized spacial score (nSPS) is 0. The predicted octanol–water partition coefficient (Wildman–Crippen LogP) is -1.74. The second kappa shape index (κ2) is 34.7. The molecule has 0 heterocycles. The van der Waals surface area contributed by atoms with Crippen molar-refractivity contribution < 1.29 is 47.9 Å². The fourth-order valence-corrected chi connectivity index (χ4v) is 0. The summed E-state index contributed by atoms with van der Waals surface area (Å²) in [5.41, 5.74) is 0. The van der Waals surface area contributed by atoms with Gasteiger partial charge in [0.15, 0.2) is 17.4 Å². The summed E-state index contributed by atoms with van der Waals surface area (Å²) in [4.78, 5) is 0. The molecule has 0 amide bonds. The Labute approximate surface area is 80.2 Å². The first-order valence-corrected chi connectivity index (χ1v) is 0. The average Bonchev–Trinajstić information content (AvgIpc) is 0. The molecule has 0 aliphatic rings. The molecule has 0 N–H and O–H groups in total. The van der Waals surface area contributed by atoms with Crippen molar-refractivity contribution >= 4 is 25.8 Å². The van der Waals surface area contributed by atoms with E-state index >= 15 is 0 Å². The van der Waals surface area contributed by atoms with Crippen LogP contribution in [0, 0.1) is 0 Å². The van der Waals surface area contributed by atoms with E-state index in [0.717, 1.165) is 0 Å². The van der Waals surface area contributed by atoms with Crippen LogP contribution in [0.2, 0.25) is 0 Å². The molecule has 0 bridgehead atoms. The SMILES string of the molecule is B.C.[AlH3].[Ti].[Zr]. The van der Waals surface area contributed by atoms with Crippen LogP contribution in [-0.4, -0.2) is 25.8 Å². The van der Waals surface area contributed by atoms with Crippen molar-refractivity contribution in [2.45, 2.75) is 7.43 Å². The van der Waals surface area contributed by atoms with Gasteiger partial charge in [0.25, 0.3) is 0 Å². The summed E-state index contributed by atoms with van der Waals surface area (Å²) >= 11 is 0. The van der Waals surface area contributed by atoms with E-state index in [9.17, 15) is 0 Å². The molecule has 0 aromatic rings. The Morgan fingerprint density at radius 1 is 1.00 bits per heavy atom. The van der Waals surface area contributed by atoms with E-state index in [1.165, 1.54) is 0 Å². The van der Waals surface area contributed by atoms with E-state index in [0.29, 0.717) is 0 Å². The van der Waals surface area contributed by atoms with Crippen molar-refractivity contribution in [3.8, 4) is 0 Å². The topological polar surface area (TPSA) is 0 Å². The summed E-state index contributed by atoms with van der Waals surface area (Å²) in [6.07, 6.45) is 0. The van der Waals surface area contributed by atoms with Gasteiger partial charge in [0.2, 0.25) is 0 Å². The first-order valence-electron chi connectivity index (χ1n) is 0. The van der Waals surface area contributed by atoms with Crippen LogP contribution in [0.4, 0.5) is 0 Å². The van der Waals surface area contributed by atoms with Crippen LogP contribution in [0.25, 0.3) is 0 Å². The summed E-state index contributed by atoms with van der Waals surface area (Å²) in [5.74, 6) is 0. The molecule has 0 radical (unpaired) electrons. The van der Waals surface area contributed by atoms with Crippen LogP contribution < -0.4 is 0 Å². The van der Waals surface area contributed by atoms with Gasteiger partial charge in [-0.25, -0.2) is 0 Å². The Bertz CT molecular complexity index is 11.6. The van der Waals surface area contributed by atoms with Gasteiger partial charge in [-0.1, -0.05) is 7.43 Å². The van der Waals surface area contributed by atoms with Crippen molar-refractivity contribution in [2.24, 2.45) is 0 Å². The van der Waals surface area contributed by atoms with E-state index in [-0.39, 0.29) is 81.1 Å². The summed E-state index contributed by atoms with van der Waals surface area (Å²) in [7, 11) is 0. The molecule has 0 saturated heterocycles. The van der Waals surface area contributed by atoms with Crippen molar-refractivity contribution in [3.63, 3.8) is 0 Å². The first kappa shape index (κ1) is 57.3. The zero-order chi connectivity index (χ0) is 0. The fourth-order valence-electron chi connectivity index (χ4n) is 0. The average molecular weight is 199 g/mol. The molecule has 5 heavy (non-hydrogen) atoms. The van der Waals surface area contributed by atoms with Crippen LogP contribution in [0.15, 0.2) is 0 Å². The summed E-state index contributed by atoms with van der Waals surface area (Å²) in [6, 6.07) is 0. The van der Waals surface area contributed by atoms with Gasteiger partial charge in [0, 0.05) is 47.9 Å². The van der Waals surface area contributed by atoms with Gasteiger partial charge in [0.1, 0.15) is 0 Å². The Morgan fingerprint density at radius 2 is 1.00 bits per heavy atom. The maximum Gasteiger partial charge on any atom is 0.187 e. The summed E-state index contributed by atoms with van der Waals surface area (Å²) in [6.45, 7) is 0. The first-order chi connectivity index (χ1) is 0. The molecule has 0 spiro atoms. The van der Waals surface area contributed by atoms with Crippen molar-refractivity contribution in [3.05, 3.63) is 0 Å². The molecular formula is CH10AlBTiZr. The third-order valence-corrected chi connectivity index (χ3v) is 0. The van der Waals surface area contributed by atoms with Gasteiger partial charge in [-0.2, -0.15) is 0 Å². The third kappa shape index (κ3) is 22.6. The Hall–Kier alpha value is 2.19. The summed E-state index contributed by atoms with van der Waals surface area (Å²) < 4.78 is 0. The fraction of sp³-hybridized carbons (Fsp3) is 1.00. The minimum Gasteiger partial charge on any atom is -0.0776 e. The Balaban J connectivity index is 0. The van der Waals surface area contributed by atoms with Crippen LogP contribution >= 0.6 is 0 Å². The maximum absolute atomic E-state index is 0. The second-order valence-corrected chi connectivity index (χ2v) is 0. The van der Waals surface area contributed by atoms with Gasteiger partial charge in [-0.05, 0) is 0 Å². The minimum absolute atomic E-state index is 0. The predicted molar refractivity (Wildman–Crippen MR) is 26.6 cm³/mol. The molecule has 0 aromatic heterocycles. The molecule has 0 aromatic carbocycles. The van der Waals surface area contributed by atoms with Crippen molar-refractivity contribution in [1.29, 1.82) is 0 Å². The van der Waals surface area contributed by atoms with Gasteiger partial charge >= 0.3 is 0 Å². The number of rotatable bonds is 0. The number of hydrogen-bond donors (Lipinski definition) is 0. The molecule has 0 aliphatic carbocycles. The molecule has 0 unspecified atom stereocenters. The molecule has 0 nitrogen and oxygen atoms in total. The van der Waals surface area contributed by atoms with Crippen LogP contribution in [0.3, 0.4) is 0 Å². The zero-order valence-electron chi connectivity index (χ0n) is 1.00. The molecular weight excluding hydrogens is 189 g/mol. The van der Waals surface area contributed by atoms with Crippen molar-refractivity contribution in [2.75, 3.05) is 0 Å². The Kier molecular flexibility index (Phi) is 398. The monoisotopic (exact) mass is 198 g/mol. The molecule has 0 aliphatic heterocycles. The van der Waals surface area contributed by atoms with E-state index < -0.39 is 0 Å². The molecule has 0 rings (SSSR count). The smallest absolute Gasteiger partial charge is 0.0776 e. The summed E-state index contributed by atoms with van der Waals surface area (Å²) in [5, 5.41) is 0. The van der Waals surface area contributed by atoms with Crippen molar-refractivity contribution in [1.82, 2.24) is 0 Å². The minimum atomic E-state index is 0. The van der Waals surface area contributed by atoms with E-state index in [4.69, 9.17) is 0 Å². The molecule has 0 atom stereocenters. The zero-order valence-corrected chi connectivity index (χ0v) is 5.02. The standard InChI is InChI=1S/CH4.Al.BH3.Ti.Zr.3H/h1H4;;1H3;;;;;. The Morgan fingerprint density at radius 3 is 1.00 bits per heavy atom. The molecule has 0 saturated carbocycles. The van der Waals surface area contributed by atoms with E-state index in [1.54, 1.807) is 0 Å². The van der Waals surface area contributed by atoms with Crippen LogP contribution in [0.1, 0.15) is 7.43 Å². The van der Waals surface area contributed by atoms with Crippen LogP contribution in [-0.2, 0) is 47.9 Å². The largest absolute Gasteiger partial charge is 0.187 e. The quantitative estimate of drug-likeness (QED) is 0.406. The van der Waals surface area contributed by atoms with Gasteiger partial charge in [0.05, 0.1) is 8.41 Å². The van der Waals surface area contributed by atoms with E-state index in [2.05, 4.69) is 0 Å². The van der Waals surface area contributed by atoms with Gasteiger partial charge < -0.3 is 0 Å². The second-order valence-electron chi connectivity index (χ2n) is 0. The molecule has 0 fully saturated rings.